The van der Waals surface area contributed by atoms with E-state index < -0.39 is 0 Å². The number of carbonyl (C=O) groups is 1. The summed E-state index contributed by atoms with van der Waals surface area (Å²) in [6, 6.07) is 6.35. The van der Waals surface area contributed by atoms with Gasteiger partial charge in [-0.05, 0) is 43.0 Å². The fourth-order valence-electron chi connectivity index (χ4n) is 3.84. The third-order valence-electron chi connectivity index (χ3n) is 5.61. The summed E-state index contributed by atoms with van der Waals surface area (Å²) in [4.78, 5) is 22.6. The van der Waals surface area contributed by atoms with E-state index in [1.54, 1.807) is 22.2 Å². The number of rotatable bonds is 7. The Bertz CT molecular complexity index is 1000. The van der Waals surface area contributed by atoms with Gasteiger partial charge in [-0.15, -0.1) is 0 Å². The van der Waals surface area contributed by atoms with Crippen LogP contribution in [0.15, 0.2) is 24.4 Å². The van der Waals surface area contributed by atoms with E-state index in [0.29, 0.717) is 12.2 Å². The molecule has 1 aliphatic rings. The maximum Gasteiger partial charge on any atom is 0.278 e. The normalized spacial score (nSPS) is 15.0. The molecule has 1 fully saturated rings. The molecular formula is C22H29N5O2S. The van der Waals surface area contributed by atoms with Gasteiger partial charge in [0.1, 0.15) is 5.69 Å². The predicted octanol–water partition coefficient (Wildman–Crippen LogP) is 3.27. The van der Waals surface area contributed by atoms with E-state index in [1.807, 2.05) is 18.9 Å². The van der Waals surface area contributed by atoms with Crippen LogP contribution in [0.4, 0.5) is 5.13 Å². The molecule has 0 atom stereocenters. The Kier molecular flexibility index (Phi) is 6.46. The summed E-state index contributed by atoms with van der Waals surface area (Å²) in [6.07, 6.45) is 3.61. The average Bonchev–Trinajstić information content (AvgIpc) is 3.33. The minimum Gasteiger partial charge on any atom is -0.379 e. The number of nitrogens with zero attached hydrogens (tertiary/aromatic N) is 5. The van der Waals surface area contributed by atoms with Crippen LogP contribution in [0.3, 0.4) is 0 Å². The van der Waals surface area contributed by atoms with Crippen molar-refractivity contribution in [1.82, 2.24) is 19.7 Å². The van der Waals surface area contributed by atoms with Crippen molar-refractivity contribution in [2.75, 3.05) is 44.3 Å². The van der Waals surface area contributed by atoms with Crippen LogP contribution in [0.5, 0.6) is 0 Å². The lowest BCUT2D eigenvalue weighted by molar-refractivity contribution is 0.0376. The second-order valence-corrected chi connectivity index (χ2v) is 8.73. The van der Waals surface area contributed by atoms with Gasteiger partial charge in [0.2, 0.25) is 0 Å². The number of anilines is 1. The molecule has 4 rings (SSSR count). The molecule has 8 heteroatoms. The van der Waals surface area contributed by atoms with Crippen LogP contribution in [0, 0.1) is 6.92 Å². The first-order chi connectivity index (χ1) is 14.6. The second-order valence-electron chi connectivity index (χ2n) is 7.72. The van der Waals surface area contributed by atoms with Crippen LogP contribution in [0.1, 0.15) is 35.0 Å². The van der Waals surface area contributed by atoms with Crippen molar-refractivity contribution in [3.05, 3.63) is 41.2 Å². The minimum absolute atomic E-state index is 0.0377. The standard InChI is InChI=1S/C22H29N5O2S/c1-4-17-6-7-18-19(14-17)30-22(24-18)27(9-5-8-26-10-12-29-13-11-26)21(28)20-16(2)15-23-25(20)3/h6-7,14-15H,4-5,8-13H2,1-3H3. The lowest BCUT2D eigenvalue weighted by atomic mass is 10.2. The number of benzene rings is 1. The van der Waals surface area contributed by atoms with Gasteiger partial charge in [-0.3, -0.25) is 19.3 Å². The van der Waals surface area contributed by atoms with Gasteiger partial charge < -0.3 is 4.74 Å². The first-order valence-electron chi connectivity index (χ1n) is 10.6. The lowest BCUT2D eigenvalue weighted by Gasteiger charge is -2.27. The molecule has 0 aliphatic carbocycles. The topological polar surface area (TPSA) is 63.5 Å². The van der Waals surface area contributed by atoms with Crippen molar-refractivity contribution in [2.45, 2.75) is 26.7 Å². The zero-order valence-corrected chi connectivity index (χ0v) is 18.7. The highest BCUT2D eigenvalue weighted by atomic mass is 32.1. The Hall–Kier alpha value is -2.29. The molecule has 2 aromatic heterocycles. The highest BCUT2D eigenvalue weighted by molar-refractivity contribution is 7.22. The molecule has 0 N–H and O–H groups in total. The Morgan fingerprint density at radius 1 is 1.30 bits per heavy atom. The van der Waals surface area contributed by atoms with E-state index in [4.69, 9.17) is 9.72 Å². The molecule has 30 heavy (non-hydrogen) atoms. The summed E-state index contributed by atoms with van der Waals surface area (Å²) < 4.78 is 8.22. The molecule has 3 aromatic rings. The van der Waals surface area contributed by atoms with E-state index in [2.05, 4.69) is 35.1 Å². The second kappa shape index (κ2) is 9.24. The van der Waals surface area contributed by atoms with E-state index in [9.17, 15) is 4.79 Å². The van der Waals surface area contributed by atoms with Crippen LogP contribution in [0.25, 0.3) is 10.2 Å². The molecule has 7 nitrogen and oxygen atoms in total. The molecule has 0 radical (unpaired) electrons. The highest BCUT2D eigenvalue weighted by Crippen LogP contribution is 2.31. The number of morpholine rings is 1. The Labute approximate surface area is 181 Å². The molecular weight excluding hydrogens is 398 g/mol. The Morgan fingerprint density at radius 3 is 2.80 bits per heavy atom. The highest BCUT2D eigenvalue weighted by Gasteiger charge is 2.25. The SMILES string of the molecule is CCc1ccc2nc(N(CCCN3CCOCC3)C(=O)c3c(C)cnn3C)sc2c1. The molecule has 1 amide bonds. The molecule has 1 aliphatic heterocycles. The third-order valence-corrected chi connectivity index (χ3v) is 6.65. The number of aryl methyl sites for hydroxylation is 3. The van der Waals surface area contributed by atoms with Crippen molar-refractivity contribution in [3.63, 3.8) is 0 Å². The molecule has 1 saturated heterocycles. The minimum atomic E-state index is -0.0377. The molecule has 0 bridgehead atoms. The fourth-order valence-corrected chi connectivity index (χ4v) is 4.89. The van der Waals surface area contributed by atoms with E-state index in [1.165, 1.54) is 5.56 Å². The fraction of sp³-hybridized carbons (Fsp3) is 0.500. The number of amides is 1. The van der Waals surface area contributed by atoms with Gasteiger partial charge in [0.05, 0.1) is 29.6 Å². The summed E-state index contributed by atoms with van der Waals surface area (Å²) in [5, 5.41) is 5.02. The average molecular weight is 428 g/mol. The van der Waals surface area contributed by atoms with Gasteiger partial charge in [-0.1, -0.05) is 24.3 Å². The van der Waals surface area contributed by atoms with Crippen molar-refractivity contribution in [2.24, 2.45) is 7.05 Å². The third kappa shape index (κ3) is 4.40. The quantitative estimate of drug-likeness (QED) is 0.579. The van der Waals surface area contributed by atoms with Crippen LogP contribution in [0.2, 0.25) is 0 Å². The number of hydrogen-bond donors (Lipinski definition) is 0. The monoisotopic (exact) mass is 427 g/mol. The maximum absolute atomic E-state index is 13.5. The van der Waals surface area contributed by atoms with Crippen LogP contribution < -0.4 is 4.90 Å². The van der Waals surface area contributed by atoms with Crippen LogP contribution in [-0.2, 0) is 18.2 Å². The van der Waals surface area contributed by atoms with Crippen molar-refractivity contribution >= 4 is 32.6 Å². The Balaban J connectivity index is 1.60. The number of aromatic nitrogens is 3. The molecule has 160 valence electrons. The number of ether oxygens (including phenoxy) is 1. The Morgan fingerprint density at radius 2 is 2.10 bits per heavy atom. The zero-order chi connectivity index (χ0) is 21.1. The summed E-state index contributed by atoms with van der Waals surface area (Å²) in [7, 11) is 1.82. The summed E-state index contributed by atoms with van der Waals surface area (Å²) >= 11 is 1.59. The first kappa shape index (κ1) is 21.0. The number of fused-ring (bicyclic) bond motifs is 1. The molecule has 0 saturated carbocycles. The van der Waals surface area contributed by atoms with Crippen LogP contribution >= 0.6 is 11.3 Å². The molecule has 0 spiro atoms. The molecule has 3 heterocycles. The first-order valence-corrected chi connectivity index (χ1v) is 11.4. The van der Waals surface area contributed by atoms with Crippen molar-refractivity contribution in [3.8, 4) is 0 Å². The largest absolute Gasteiger partial charge is 0.379 e. The van der Waals surface area contributed by atoms with Gasteiger partial charge in [0.25, 0.3) is 5.91 Å². The van der Waals surface area contributed by atoms with E-state index in [0.717, 1.165) is 66.6 Å². The van der Waals surface area contributed by atoms with Crippen molar-refractivity contribution < 1.29 is 9.53 Å². The summed E-state index contributed by atoms with van der Waals surface area (Å²) in [5.41, 5.74) is 3.73. The molecule has 0 unspecified atom stereocenters. The molecule has 1 aromatic carbocycles. The predicted molar refractivity (Wildman–Crippen MR) is 120 cm³/mol. The summed E-state index contributed by atoms with van der Waals surface area (Å²) in [6.45, 7) is 9.13. The number of carbonyl (C=O) groups excluding carboxylic acids is 1. The maximum atomic E-state index is 13.5. The summed E-state index contributed by atoms with van der Waals surface area (Å²) in [5.74, 6) is -0.0377. The van der Waals surface area contributed by atoms with E-state index in [-0.39, 0.29) is 5.91 Å². The smallest absolute Gasteiger partial charge is 0.278 e. The van der Waals surface area contributed by atoms with Gasteiger partial charge in [0, 0.05) is 33.2 Å². The van der Waals surface area contributed by atoms with Crippen molar-refractivity contribution in [1.29, 1.82) is 0 Å². The van der Waals surface area contributed by atoms with Gasteiger partial charge in [-0.2, -0.15) is 5.10 Å². The van der Waals surface area contributed by atoms with Gasteiger partial charge in [-0.25, -0.2) is 4.98 Å². The number of hydrogen-bond acceptors (Lipinski definition) is 6. The van der Waals surface area contributed by atoms with Gasteiger partial charge in [0.15, 0.2) is 5.13 Å². The zero-order valence-electron chi connectivity index (χ0n) is 17.9. The lowest BCUT2D eigenvalue weighted by Crippen LogP contribution is -2.39. The van der Waals surface area contributed by atoms with Gasteiger partial charge >= 0.3 is 0 Å². The number of thiazole rings is 1. The van der Waals surface area contributed by atoms with Crippen LogP contribution in [-0.4, -0.2) is 65.0 Å². The van der Waals surface area contributed by atoms with E-state index >= 15 is 0 Å².